The molecule has 0 saturated carbocycles. The molecule has 4 N–H and O–H groups in total. The van der Waals surface area contributed by atoms with Crippen molar-refractivity contribution < 1.29 is 9.84 Å². The second-order valence-corrected chi connectivity index (χ2v) is 5.56. The summed E-state index contributed by atoms with van der Waals surface area (Å²) in [6, 6.07) is 11.9. The molecule has 0 spiro atoms. The van der Waals surface area contributed by atoms with E-state index in [-0.39, 0.29) is 11.7 Å². The van der Waals surface area contributed by atoms with Gasteiger partial charge >= 0.3 is 0 Å². The van der Waals surface area contributed by atoms with Crippen LogP contribution >= 0.6 is 11.6 Å². The van der Waals surface area contributed by atoms with E-state index in [1.165, 1.54) is 6.20 Å². The van der Waals surface area contributed by atoms with Crippen LogP contribution in [-0.4, -0.2) is 15.1 Å². The van der Waals surface area contributed by atoms with E-state index in [9.17, 15) is 5.11 Å². The van der Waals surface area contributed by atoms with E-state index < -0.39 is 0 Å². The molecule has 1 heterocycles. The fourth-order valence-corrected chi connectivity index (χ4v) is 2.30. The highest BCUT2D eigenvalue weighted by Gasteiger charge is 2.11. The largest absolute Gasteiger partial charge is 0.508 e. The maximum Gasteiger partial charge on any atom is 0.222 e. The van der Waals surface area contributed by atoms with E-state index >= 15 is 0 Å². The first-order chi connectivity index (χ1) is 11.5. The van der Waals surface area contributed by atoms with Crippen LogP contribution in [-0.2, 0) is 0 Å². The molecular formula is C17H15ClN4O2. The van der Waals surface area contributed by atoms with Gasteiger partial charge < -0.3 is 20.9 Å². The summed E-state index contributed by atoms with van der Waals surface area (Å²) >= 11 is 5.96. The monoisotopic (exact) mass is 342 g/mol. The number of hydrogen-bond acceptors (Lipinski definition) is 6. The average molecular weight is 343 g/mol. The molecule has 2 aromatic carbocycles. The zero-order valence-corrected chi connectivity index (χ0v) is 13.6. The minimum Gasteiger partial charge on any atom is -0.508 e. The number of ether oxygens (including phenoxy) is 1. The Labute approximate surface area is 143 Å². The molecule has 3 rings (SSSR count). The van der Waals surface area contributed by atoms with Crippen molar-refractivity contribution in [3.63, 3.8) is 0 Å². The molecule has 0 radical (unpaired) electrons. The molecule has 0 atom stereocenters. The van der Waals surface area contributed by atoms with Crippen molar-refractivity contribution in [1.29, 1.82) is 0 Å². The number of nitrogens with one attached hydrogen (secondary N) is 1. The number of nitrogens with two attached hydrogens (primary N) is 1. The van der Waals surface area contributed by atoms with Gasteiger partial charge in [-0.1, -0.05) is 11.6 Å². The van der Waals surface area contributed by atoms with Gasteiger partial charge in [-0.25, -0.2) is 4.98 Å². The quantitative estimate of drug-likeness (QED) is 0.613. The molecule has 7 heteroatoms. The first-order valence-electron chi connectivity index (χ1n) is 7.14. The summed E-state index contributed by atoms with van der Waals surface area (Å²) in [5.41, 5.74) is 7.28. The normalized spacial score (nSPS) is 10.4. The number of aromatic nitrogens is 2. The van der Waals surface area contributed by atoms with Crippen LogP contribution in [0.1, 0.15) is 5.56 Å². The maximum absolute atomic E-state index is 9.36. The van der Waals surface area contributed by atoms with Crippen molar-refractivity contribution in [2.24, 2.45) is 0 Å². The lowest BCUT2D eigenvalue weighted by atomic mass is 10.2. The minimum absolute atomic E-state index is 0.122. The molecule has 0 amide bonds. The van der Waals surface area contributed by atoms with Gasteiger partial charge in [0, 0.05) is 10.7 Å². The Hall–Kier alpha value is -2.99. The summed E-state index contributed by atoms with van der Waals surface area (Å²) in [5, 5.41) is 13.1. The number of nitrogens with zero attached hydrogens (tertiary/aromatic N) is 2. The average Bonchev–Trinajstić information content (AvgIpc) is 2.54. The molecule has 3 aromatic rings. The lowest BCUT2D eigenvalue weighted by molar-refractivity contribution is 0.475. The van der Waals surface area contributed by atoms with Crippen molar-refractivity contribution in [1.82, 2.24) is 9.97 Å². The smallest absolute Gasteiger partial charge is 0.222 e. The molecule has 0 unspecified atom stereocenters. The van der Waals surface area contributed by atoms with Crippen LogP contribution < -0.4 is 15.8 Å². The Balaban J connectivity index is 1.91. The highest BCUT2D eigenvalue weighted by molar-refractivity contribution is 6.30. The Kier molecular flexibility index (Phi) is 4.39. The number of halogens is 1. The van der Waals surface area contributed by atoms with Gasteiger partial charge in [0.1, 0.15) is 11.5 Å². The summed E-state index contributed by atoms with van der Waals surface area (Å²) in [6.45, 7) is 1.90. The third kappa shape index (κ3) is 3.67. The van der Waals surface area contributed by atoms with Gasteiger partial charge in [-0.05, 0) is 55.0 Å². The van der Waals surface area contributed by atoms with Crippen LogP contribution in [0, 0.1) is 6.92 Å². The Morgan fingerprint density at radius 3 is 2.58 bits per heavy atom. The van der Waals surface area contributed by atoms with Crippen LogP contribution in [0.2, 0.25) is 5.02 Å². The van der Waals surface area contributed by atoms with Gasteiger partial charge in [-0.15, -0.1) is 0 Å². The van der Waals surface area contributed by atoms with Gasteiger partial charge in [-0.2, -0.15) is 4.98 Å². The van der Waals surface area contributed by atoms with E-state index in [1.54, 1.807) is 36.4 Å². The number of anilines is 3. The Morgan fingerprint density at radius 2 is 1.88 bits per heavy atom. The first-order valence-corrected chi connectivity index (χ1v) is 7.51. The third-order valence-electron chi connectivity index (χ3n) is 3.26. The molecule has 6 nitrogen and oxygen atoms in total. The molecule has 0 fully saturated rings. The molecule has 0 aliphatic carbocycles. The topological polar surface area (TPSA) is 93.3 Å². The number of phenols is 1. The molecule has 0 aliphatic rings. The fraction of sp³-hybridized carbons (Fsp3) is 0.0588. The Bertz CT molecular complexity index is 869. The number of aromatic hydroxyl groups is 1. The lowest BCUT2D eigenvalue weighted by Gasteiger charge is -2.13. The lowest BCUT2D eigenvalue weighted by Crippen LogP contribution is -2.02. The van der Waals surface area contributed by atoms with E-state index in [0.29, 0.717) is 22.3 Å². The zero-order chi connectivity index (χ0) is 17.1. The third-order valence-corrected chi connectivity index (χ3v) is 3.50. The summed E-state index contributed by atoms with van der Waals surface area (Å²) < 4.78 is 5.90. The second kappa shape index (κ2) is 6.64. The molecule has 0 saturated heterocycles. The maximum atomic E-state index is 9.36. The molecule has 0 bridgehead atoms. The van der Waals surface area contributed by atoms with Gasteiger partial charge in [0.25, 0.3) is 0 Å². The zero-order valence-electron chi connectivity index (χ0n) is 12.8. The van der Waals surface area contributed by atoms with Crippen molar-refractivity contribution in [2.75, 3.05) is 11.1 Å². The van der Waals surface area contributed by atoms with Crippen LogP contribution in [0.15, 0.2) is 48.7 Å². The predicted octanol–water partition coefficient (Wildman–Crippen LogP) is 4.26. The number of phenolic OH excluding ortho intramolecular Hbond substituents is 1. The van der Waals surface area contributed by atoms with Crippen molar-refractivity contribution in [3.05, 3.63) is 59.2 Å². The summed E-state index contributed by atoms with van der Waals surface area (Å²) in [4.78, 5) is 8.15. The Morgan fingerprint density at radius 1 is 1.12 bits per heavy atom. The SMILES string of the molecule is Cc1cc(Cl)ccc1Oc1cnc(N)nc1Nc1ccc(O)cc1. The predicted molar refractivity (Wildman–Crippen MR) is 94.1 cm³/mol. The number of nitrogen functional groups attached to an aromatic ring is 1. The molecule has 0 aliphatic heterocycles. The molecule has 24 heavy (non-hydrogen) atoms. The van der Waals surface area contributed by atoms with E-state index in [4.69, 9.17) is 22.1 Å². The highest BCUT2D eigenvalue weighted by Crippen LogP contribution is 2.32. The minimum atomic E-state index is 0.122. The van der Waals surface area contributed by atoms with Crippen molar-refractivity contribution in [3.8, 4) is 17.2 Å². The van der Waals surface area contributed by atoms with E-state index in [0.717, 1.165) is 11.3 Å². The van der Waals surface area contributed by atoms with Crippen LogP contribution in [0.4, 0.5) is 17.5 Å². The fourth-order valence-electron chi connectivity index (χ4n) is 2.08. The molecule has 1 aromatic heterocycles. The van der Waals surface area contributed by atoms with Gasteiger partial charge in [-0.3, -0.25) is 0 Å². The van der Waals surface area contributed by atoms with Gasteiger partial charge in [0.05, 0.1) is 6.20 Å². The van der Waals surface area contributed by atoms with Crippen LogP contribution in [0.25, 0.3) is 0 Å². The van der Waals surface area contributed by atoms with Crippen LogP contribution in [0.3, 0.4) is 0 Å². The number of benzene rings is 2. The van der Waals surface area contributed by atoms with Crippen molar-refractivity contribution in [2.45, 2.75) is 6.92 Å². The summed E-state index contributed by atoms with van der Waals surface area (Å²) in [5.74, 6) is 1.78. The summed E-state index contributed by atoms with van der Waals surface area (Å²) in [6.07, 6.45) is 1.50. The van der Waals surface area contributed by atoms with Crippen molar-refractivity contribution >= 4 is 29.1 Å². The van der Waals surface area contributed by atoms with Gasteiger partial charge in [0.2, 0.25) is 5.95 Å². The van der Waals surface area contributed by atoms with Gasteiger partial charge in [0.15, 0.2) is 11.6 Å². The standard InChI is InChI=1S/C17H15ClN4O2/c1-10-8-11(18)2-7-14(10)24-15-9-20-17(19)22-16(15)21-12-3-5-13(23)6-4-12/h2-9,23H,1H3,(H3,19,20,21,22). The highest BCUT2D eigenvalue weighted by atomic mass is 35.5. The van der Waals surface area contributed by atoms with E-state index in [1.807, 2.05) is 13.0 Å². The number of hydrogen-bond donors (Lipinski definition) is 3. The summed E-state index contributed by atoms with van der Waals surface area (Å²) in [7, 11) is 0. The van der Waals surface area contributed by atoms with E-state index in [2.05, 4.69) is 15.3 Å². The first kappa shape index (κ1) is 15.9. The molecular weight excluding hydrogens is 328 g/mol. The number of rotatable bonds is 4. The molecule has 122 valence electrons. The van der Waals surface area contributed by atoms with Crippen LogP contribution in [0.5, 0.6) is 17.2 Å². The second-order valence-electron chi connectivity index (χ2n) is 5.12. The number of aryl methyl sites for hydroxylation is 1.